The van der Waals surface area contributed by atoms with Crippen molar-refractivity contribution < 1.29 is 4.12 Å². The number of thiol groups is 1. The Kier molecular flexibility index (Phi) is 8.38. The maximum atomic E-state index is 5.03. The normalized spacial score (nSPS) is 11.6. The number of rotatable bonds is 5. The van der Waals surface area contributed by atoms with Crippen LogP contribution in [-0.4, -0.2) is 32.7 Å². The lowest BCUT2D eigenvalue weighted by Crippen LogP contribution is -2.22. The molecule has 5 heteroatoms. The van der Waals surface area contributed by atoms with Gasteiger partial charge in [-0.1, -0.05) is 0 Å². The first-order chi connectivity index (χ1) is 3.91. The van der Waals surface area contributed by atoms with E-state index in [9.17, 15) is 0 Å². The quantitative estimate of drug-likeness (QED) is 0.286. The lowest BCUT2D eigenvalue weighted by molar-refractivity contribution is 0.634. The predicted octanol–water partition coefficient (Wildman–Crippen LogP) is -1.81. The molecule has 0 aliphatic rings. The molecule has 0 aromatic rings. The summed E-state index contributed by atoms with van der Waals surface area (Å²) in [6.45, 7) is 1.08. The van der Waals surface area contributed by atoms with Gasteiger partial charge in [0.25, 0.3) is 0 Å². The Hall–Kier alpha value is 0.704. The first kappa shape index (κ1) is 8.70. The minimum absolute atomic E-state index is 0.321. The average Bonchev–Trinajstić information content (AvgIpc) is 1.81. The third kappa shape index (κ3) is 6.70. The summed E-state index contributed by atoms with van der Waals surface area (Å²) in [7, 11) is 0.567. The summed E-state index contributed by atoms with van der Waals surface area (Å²) >= 11 is 4.07. The predicted molar refractivity (Wildman–Crippen MR) is 46.0 cm³/mol. The van der Waals surface area contributed by atoms with Crippen molar-refractivity contribution in [2.45, 2.75) is 6.42 Å². The van der Waals surface area contributed by atoms with Crippen molar-refractivity contribution in [1.82, 2.24) is 4.98 Å². The lowest BCUT2D eigenvalue weighted by Gasteiger charge is -1.98. The van der Waals surface area contributed by atoms with E-state index in [2.05, 4.69) is 17.6 Å². The van der Waals surface area contributed by atoms with Gasteiger partial charge < -0.3 is 9.10 Å². The molecule has 0 saturated carbocycles. The molecule has 0 aliphatic heterocycles. The Morgan fingerprint density at radius 2 is 2.50 bits per heavy atom. The fourth-order valence-corrected chi connectivity index (χ4v) is 1.75. The number of nitrogens with one attached hydrogen (secondary N) is 1. The molecule has 0 saturated heterocycles. The monoisotopic (exact) mass is 167 g/mol. The van der Waals surface area contributed by atoms with Crippen LogP contribution in [0.25, 0.3) is 0 Å². The van der Waals surface area contributed by atoms with Crippen LogP contribution >= 0.6 is 12.6 Å². The van der Waals surface area contributed by atoms with Crippen molar-refractivity contribution in [3.63, 3.8) is 0 Å². The first-order valence-corrected chi connectivity index (χ1v) is 5.45. The summed E-state index contributed by atoms with van der Waals surface area (Å²) in [5.41, 5.74) is 0. The van der Waals surface area contributed by atoms with Crippen molar-refractivity contribution >= 4 is 33.0 Å². The molecule has 0 rings (SSSR count). The third-order valence-electron chi connectivity index (χ3n) is 0.758. The van der Waals surface area contributed by atoms with E-state index in [-0.39, 0.29) is 9.92 Å². The summed E-state index contributed by atoms with van der Waals surface area (Å²) < 4.78 is 5.03. The molecule has 50 valence electrons. The molecule has 0 amide bonds. The van der Waals surface area contributed by atoms with E-state index < -0.39 is 0 Å². The van der Waals surface area contributed by atoms with Gasteiger partial charge in [0.1, 0.15) is 10.5 Å². The van der Waals surface area contributed by atoms with Gasteiger partial charge in [0, 0.05) is 0 Å². The largest absolute Gasteiger partial charge is 0.457 e. The van der Waals surface area contributed by atoms with E-state index in [1.807, 2.05) is 0 Å². The molecule has 0 bridgehead atoms. The van der Waals surface area contributed by atoms with E-state index in [0.717, 1.165) is 29.2 Å². The highest BCUT2D eigenvalue weighted by atomic mass is 32.1. The fourth-order valence-electron chi connectivity index (χ4n) is 0.378. The molecule has 0 unspecified atom stereocenters. The number of hydrogen-bond donors (Lipinski definition) is 2. The molecule has 0 aliphatic carbocycles. The van der Waals surface area contributed by atoms with Gasteiger partial charge in [0.15, 0.2) is 0 Å². The van der Waals surface area contributed by atoms with Gasteiger partial charge in [-0.15, -0.1) is 0 Å². The third-order valence-corrected chi connectivity index (χ3v) is 2.79. The maximum absolute atomic E-state index is 5.03. The van der Waals surface area contributed by atoms with Crippen LogP contribution in [0.1, 0.15) is 6.42 Å². The van der Waals surface area contributed by atoms with Crippen LogP contribution in [0.15, 0.2) is 0 Å². The van der Waals surface area contributed by atoms with Crippen molar-refractivity contribution in [3.8, 4) is 0 Å². The zero-order valence-corrected chi connectivity index (χ0v) is 9.49. The van der Waals surface area contributed by atoms with E-state index in [1.165, 1.54) is 0 Å². The first-order valence-electron chi connectivity index (χ1n) is 2.72. The Labute approximate surface area is 61.4 Å². The highest BCUT2D eigenvalue weighted by molar-refractivity contribution is 7.80. The van der Waals surface area contributed by atoms with Crippen molar-refractivity contribution in [2.75, 3.05) is 12.3 Å². The summed E-state index contributed by atoms with van der Waals surface area (Å²) in [4.78, 5) is 3.24. The van der Waals surface area contributed by atoms with Gasteiger partial charge in [-0.3, -0.25) is 0 Å². The Morgan fingerprint density at radius 3 is 3.00 bits per heavy atom. The molecule has 0 atom stereocenters. The Morgan fingerprint density at radius 1 is 1.75 bits per heavy atom. The van der Waals surface area contributed by atoms with Crippen molar-refractivity contribution in [1.29, 1.82) is 0 Å². The minimum Gasteiger partial charge on any atom is -0.457 e. The maximum Gasteiger partial charge on any atom is 0.223 e. The van der Waals surface area contributed by atoms with Gasteiger partial charge in [-0.2, -0.15) is 12.6 Å². The van der Waals surface area contributed by atoms with Crippen LogP contribution in [0.4, 0.5) is 0 Å². The molecule has 0 fully saturated rings. The SMILES string of the molecule is [SiH3]O[SiH2]NCCCS. The van der Waals surface area contributed by atoms with E-state index in [0.29, 0.717) is 0 Å². The second-order valence-electron chi connectivity index (χ2n) is 1.51. The Bertz CT molecular complexity index is 42.3. The van der Waals surface area contributed by atoms with Crippen molar-refractivity contribution in [3.05, 3.63) is 0 Å². The summed E-state index contributed by atoms with van der Waals surface area (Å²) in [5.74, 6) is 0.975. The molecule has 2 nitrogen and oxygen atoms in total. The smallest absolute Gasteiger partial charge is 0.223 e. The molecule has 1 N–H and O–H groups in total. The molecule has 0 aromatic carbocycles. The fraction of sp³-hybridized carbons (Fsp3) is 1.00. The van der Waals surface area contributed by atoms with Crippen LogP contribution in [0, 0.1) is 0 Å². The highest BCUT2D eigenvalue weighted by Gasteiger charge is 1.81. The van der Waals surface area contributed by atoms with E-state index >= 15 is 0 Å². The van der Waals surface area contributed by atoms with Gasteiger partial charge in [0.05, 0.1) is 0 Å². The second kappa shape index (κ2) is 7.70. The second-order valence-corrected chi connectivity index (χ2v) is 5.06. The molecule has 0 aromatic heterocycles. The molecular formula is C3H13NOSSi2. The zero-order valence-electron chi connectivity index (χ0n) is 5.18. The standard InChI is InChI=1S/C3H13NOSSi2/c6-3-1-2-4-8-5-7/h4,6H,1-3,8H2,7H3. The van der Waals surface area contributed by atoms with Crippen LogP contribution in [0.5, 0.6) is 0 Å². The molecule has 0 radical (unpaired) electrons. The van der Waals surface area contributed by atoms with Crippen molar-refractivity contribution in [2.24, 2.45) is 0 Å². The van der Waals surface area contributed by atoms with E-state index in [1.54, 1.807) is 0 Å². The summed E-state index contributed by atoms with van der Waals surface area (Å²) in [5, 5.41) is 0. The van der Waals surface area contributed by atoms with Crippen LogP contribution in [-0.2, 0) is 4.12 Å². The zero-order chi connectivity index (χ0) is 6.24. The Balaban J connectivity index is 2.53. The number of hydrogen-bond acceptors (Lipinski definition) is 3. The molecule has 0 spiro atoms. The van der Waals surface area contributed by atoms with E-state index in [4.69, 9.17) is 4.12 Å². The van der Waals surface area contributed by atoms with Gasteiger partial charge in [0.2, 0.25) is 9.92 Å². The van der Waals surface area contributed by atoms with Crippen LogP contribution in [0.3, 0.4) is 0 Å². The van der Waals surface area contributed by atoms with Gasteiger partial charge in [-0.25, -0.2) is 0 Å². The minimum atomic E-state index is -0.321. The lowest BCUT2D eigenvalue weighted by atomic mass is 10.5. The summed E-state index contributed by atoms with van der Waals surface area (Å²) in [6.07, 6.45) is 1.15. The molecule has 8 heavy (non-hydrogen) atoms. The molecular weight excluding hydrogens is 154 g/mol. The summed E-state index contributed by atoms with van der Waals surface area (Å²) in [6, 6.07) is 0. The van der Waals surface area contributed by atoms with Gasteiger partial charge >= 0.3 is 0 Å². The topological polar surface area (TPSA) is 21.3 Å². The molecule has 0 heterocycles. The highest BCUT2D eigenvalue weighted by Crippen LogP contribution is 1.78. The van der Waals surface area contributed by atoms with Crippen LogP contribution < -0.4 is 4.98 Å². The average molecular weight is 167 g/mol. The van der Waals surface area contributed by atoms with Gasteiger partial charge in [-0.05, 0) is 18.7 Å². The van der Waals surface area contributed by atoms with Crippen LogP contribution in [0.2, 0.25) is 0 Å².